The predicted molar refractivity (Wildman–Crippen MR) is 107 cm³/mol. The van der Waals surface area contributed by atoms with Gasteiger partial charge in [0.1, 0.15) is 23.4 Å². The lowest BCUT2D eigenvalue weighted by atomic mass is 9.89. The van der Waals surface area contributed by atoms with Crippen molar-refractivity contribution in [3.63, 3.8) is 0 Å². The summed E-state index contributed by atoms with van der Waals surface area (Å²) >= 11 is 6.04. The van der Waals surface area contributed by atoms with Gasteiger partial charge in [-0.05, 0) is 42.7 Å². The summed E-state index contributed by atoms with van der Waals surface area (Å²) in [4.78, 5) is 2.08. The Morgan fingerprint density at radius 2 is 1.89 bits per heavy atom. The molecule has 2 aliphatic heterocycles. The molecule has 2 aromatic carbocycles. The molecule has 0 N–H and O–H groups in total. The van der Waals surface area contributed by atoms with Crippen LogP contribution in [0.3, 0.4) is 0 Å². The Bertz CT molecular complexity index is 1070. The number of rotatable bonds is 3. The minimum absolute atomic E-state index is 0.0257. The van der Waals surface area contributed by atoms with Crippen LogP contribution in [0.2, 0.25) is 5.02 Å². The third-order valence-electron chi connectivity index (χ3n) is 4.99. The first kappa shape index (κ1) is 18.8. The number of amidine groups is 1. The van der Waals surface area contributed by atoms with Gasteiger partial charge in [-0.2, -0.15) is 5.26 Å². The molecule has 0 amide bonds. The highest BCUT2D eigenvalue weighted by molar-refractivity contribution is 7.90. The van der Waals surface area contributed by atoms with Gasteiger partial charge in [-0.15, -0.1) is 4.40 Å². The van der Waals surface area contributed by atoms with E-state index < -0.39 is 10.0 Å². The maximum absolute atomic E-state index is 11.9. The predicted octanol–water partition coefficient (Wildman–Crippen LogP) is 3.93. The molecule has 1 unspecified atom stereocenters. The highest BCUT2D eigenvalue weighted by atomic mass is 35.5. The summed E-state index contributed by atoms with van der Waals surface area (Å²) < 4.78 is 33.8. The first-order valence-electron chi connectivity index (χ1n) is 9.00. The van der Waals surface area contributed by atoms with E-state index in [4.69, 9.17) is 21.6 Å². The normalized spacial score (nSPS) is 20.6. The van der Waals surface area contributed by atoms with Crippen molar-refractivity contribution in [2.75, 3.05) is 18.8 Å². The minimum atomic E-state index is -3.37. The second kappa shape index (κ2) is 7.46. The molecule has 4 rings (SSSR count). The third kappa shape index (κ3) is 3.84. The molecular formula is C20H18ClN3O3S. The van der Waals surface area contributed by atoms with Gasteiger partial charge < -0.3 is 9.64 Å². The summed E-state index contributed by atoms with van der Waals surface area (Å²) in [6, 6.07) is 14.5. The van der Waals surface area contributed by atoms with Gasteiger partial charge in [0.25, 0.3) is 10.0 Å². The van der Waals surface area contributed by atoms with Crippen LogP contribution in [0.15, 0.2) is 46.9 Å². The van der Waals surface area contributed by atoms with Crippen LogP contribution < -0.4 is 4.74 Å². The third-order valence-corrected chi connectivity index (χ3v) is 6.46. The highest BCUT2D eigenvalue weighted by Crippen LogP contribution is 2.33. The van der Waals surface area contributed by atoms with Gasteiger partial charge in [-0.3, -0.25) is 0 Å². The minimum Gasteiger partial charge on any atom is -0.457 e. The average molecular weight is 416 g/mol. The monoisotopic (exact) mass is 415 g/mol. The molecule has 0 bridgehead atoms. The lowest BCUT2D eigenvalue weighted by Gasteiger charge is -2.37. The number of ether oxygens (including phenoxy) is 1. The summed E-state index contributed by atoms with van der Waals surface area (Å²) in [5, 5.41) is 9.29. The molecule has 144 valence electrons. The van der Waals surface area contributed by atoms with E-state index in [0.717, 1.165) is 24.9 Å². The van der Waals surface area contributed by atoms with E-state index in [-0.39, 0.29) is 11.7 Å². The Morgan fingerprint density at radius 3 is 2.61 bits per heavy atom. The second-order valence-corrected chi connectivity index (χ2v) is 9.00. The van der Waals surface area contributed by atoms with E-state index in [9.17, 15) is 8.42 Å². The van der Waals surface area contributed by atoms with Gasteiger partial charge >= 0.3 is 0 Å². The number of benzene rings is 2. The summed E-state index contributed by atoms with van der Waals surface area (Å²) in [5.74, 6) is 1.90. The van der Waals surface area contributed by atoms with E-state index in [0.29, 0.717) is 34.5 Å². The van der Waals surface area contributed by atoms with Crippen molar-refractivity contribution in [2.45, 2.75) is 18.8 Å². The van der Waals surface area contributed by atoms with Crippen LogP contribution in [0.1, 0.15) is 29.9 Å². The lowest BCUT2D eigenvalue weighted by molar-refractivity contribution is 0.366. The van der Waals surface area contributed by atoms with E-state index in [2.05, 4.69) is 9.30 Å². The number of piperidine rings is 1. The zero-order valence-corrected chi connectivity index (χ0v) is 16.6. The number of hydrogen-bond acceptors (Lipinski definition) is 5. The van der Waals surface area contributed by atoms with Crippen molar-refractivity contribution in [1.82, 2.24) is 4.90 Å². The molecule has 2 heterocycles. The fourth-order valence-corrected chi connectivity index (χ4v) is 4.86. The molecule has 0 radical (unpaired) electrons. The Kier molecular flexibility index (Phi) is 5.00. The van der Waals surface area contributed by atoms with Gasteiger partial charge in [0.15, 0.2) is 0 Å². The standard InChI is InChI=1S/C20H18ClN3O3S/c21-19-12-17(8-5-15(19)13-22)27-16-6-3-14(4-7-16)18-2-1-9-24-10-11-28(25,26)23-20(18)24/h3-8,12,18H,1-2,9-11H2. The van der Waals surface area contributed by atoms with Gasteiger partial charge in [0, 0.05) is 25.1 Å². The molecule has 0 aromatic heterocycles. The van der Waals surface area contributed by atoms with Crippen molar-refractivity contribution in [3.8, 4) is 17.6 Å². The number of hydrogen-bond donors (Lipinski definition) is 0. The molecule has 2 aliphatic rings. The van der Waals surface area contributed by atoms with E-state index in [1.165, 1.54) is 0 Å². The van der Waals surface area contributed by atoms with Crippen LogP contribution >= 0.6 is 11.6 Å². The SMILES string of the molecule is N#Cc1ccc(Oc2ccc(C3CCCN4CCS(=O)(=O)N=C34)cc2)cc1Cl. The van der Waals surface area contributed by atoms with Crippen LogP contribution in [0, 0.1) is 11.3 Å². The Balaban J connectivity index is 1.55. The molecule has 6 nitrogen and oxygen atoms in total. The molecule has 8 heteroatoms. The van der Waals surface area contributed by atoms with Gasteiger partial charge in [0.2, 0.25) is 0 Å². The fraction of sp³-hybridized carbons (Fsp3) is 0.300. The number of nitriles is 1. The zero-order chi connectivity index (χ0) is 19.7. The van der Waals surface area contributed by atoms with Crippen LogP contribution in [0.4, 0.5) is 0 Å². The van der Waals surface area contributed by atoms with Crippen LogP contribution in [0.25, 0.3) is 0 Å². The van der Waals surface area contributed by atoms with Gasteiger partial charge in [0.05, 0.1) is 16.3 Å². The lowest BCUT2D eigenvalue weighted by Crippen LogP contribution is -2.46. The second-order valence-electron chi connectivity index (χ2n) is 6.84. The number of halogens is 1. The van der Waals surface area contributed by atoms with Crippen molar-refractivity contribution in [1.29, 1.82) is 5.26 Å². The summed E-state index contributed by atoms with van der Waals surface area (Å²) in [5.41, 5.74) is 1.42. The fourth-order valence-electron chi connectivity index (χ4n) is 3.58. The van der Waals surface area contributed by atoms with Crippen molar-refractivity contribution in [3.05, 3.63) is 58.6 Å². The Hall–Kier alpha value is -2.56. The largest absolute Gasteiger partial charge is 0.457 e. The van der Waals surface area contributed by atoms with E-state index in [1.54, 1.807) is 18.2 Å². The highest BCUT2D eigenvalue weighted by Gasteiger charge is 2.33. The maximum Gasteiger partial charge on any atom is 0.256 e. The molecule has 28 heavy (non-hydrogen) atoms. The molecule has 1 saturated heterocycles. The van der Waals surface area contributed by atoms with Gasteiger partial charge in [-0.25, -0.2) is 8.42 Å². The van der Waals surface area contributed by atoms with Crippen LogP contribution in [0.5, 0.6) is 11.5 Å². The molecule has 1 atom stereocenters. The van der Waals surface area contributed by atoms with Crippen LogP contribution in [-0.4, -0.2) is 38.0 Å². The summed E-state index contributed by atoms with van der Waals surface area (Å²) in [7, 11) is -3.37. The van der Waals surface area contributed by atoms with Crippen molar-refractivity contribution in [2.24, 2.45) is 4.40 Å². The Labute approximate surface area is 169 Å². The summed E-state index contributed by atoms with van der Waals surface area (Å²) in [6.07, 6.45) is 1.88. The number of nitrogens with zero attached hydrogens (tertiary/aromatic N) is 3. The molecule has 0 spiro atoms. The number of fused-ring (bicyclic) bond motifs is 1. The topological polar surface area (TPSA) is 82.8 Å². The zero-order valence-electron chi connectivity index (χ0n) is 15.0. The van der Waals surface area contributed by atoms with Crippen LogP contribution in [-0.2, 0) is 10.0 Å². The molecule has 1 fully saturated rings. The van der Waals surface area contributed by atoms with Gasteiger partial charge in [-0.1, -0.05) is 23.7 Å². The smallest absolute Gasteiger partial charge is 0.256 e. The quantitative estimate of drug-likeness (QED) is 0.758. The maximum atomic E-state index is 11.9. The average Bonchev–Trinajstić information content (AvgIpc) is 2.68. The number of sulfonamides is 1. The van der Waals surface area contributed by atoms with Crippen molar-refractivity contribution < 1.29 is 13.2 Å². The molecule has 0 aliphatic carbocycles. The Morgan fingerprint density at radius 1 is 1.14 bits per heavy atom. The first-order valence-corrected chi connectivity index (χ1v) is 11.0. The van der Waals surface area contributed by atoms with E-state index >= 15 is 0 Å². The molecule has 0 saturated carbocycles. The van der Waals surface area contributed by atoms with E-state index in [1.807, 2.05) is 30.3 Å². The molecular weight excluding hydrogens is 398 g/mol. The first-order chi connectivity index (χ1) is 13.4. The van der Waals surface area contributed by atoms with Crippen molar-refractivity contribution >= 4 is 27.5 Å². The summed E-state index contributed by atoms with van der Waals surface area (Å²) in [6.45, 7) is 1.36. The molecule has 2 aromatic rings.